The Morgan fingerprint density at radius 3 is 2.95 bits per heavy atom. The van der Waals surface area contributed by atoms with Crippen LogP contribution in [0.3, 0.4) is 0 Å². The molecule has 0 saturated carbocycles. The van der Waals surface area contributed by atoms with Gasteiger partial charge in [-0.25, -0.2) is 4.79 Å². The maximum absolute atomic E-state index is 11.9. The molecule has 120 valence electrons. The number of rotatable bonds is 6. The molecule has 0 spiro atoms. The van der Waals surface area contributed by atoms with Crippen molar-refractivity contribution in [3.05, 3.63) is 33.3 Å². The summed E-state index contributed by atoms with van der Waals surface area (Å²) in [6.07, 6.45) is 1.16. The monoisotopic (exact) mass is 329 g/mol. The van der Waals surface area contributed by atoms with Gasteiger partial charge in [0.05, 0.1) is 17.6 Å². The Hall–Kier alpha value is -1.70. The molecule has 0 bridgehead atoms. The van der Waals surface area contributed by atoms with Gasteiger partial charge >= 0.3 is 5.97 Å². The van der Waals surface area contributed by atoms with Crippen molar-refractivity contribution in [1.29, 1.82) is 0 Å². The maximum Gasteiger partial charge on any atom is 0.340 e. The molecule has 1 aliphatic heterocycles. The molecule has 1 aromatic carbocycles. The first-order chi connectivity index (χ1) is 10.5. The van der Waals surface area contributed by atoms with E-state index in [9.17, 15) is 14.9 Å². The van der Waals surface area contributed by atoms with Gasteiger partial charge in [0, 0.05) is 18.7 Å². The molecule has 2 rings (SSSR count). The standard InChI is InChI=1S/C14H16ClNO6/c1-9(21-8-11-3-2-6-20-11)14(17)22-10-4-5-13(16(18)19)12(15)7-10/h4-5,7,9,11H,2-3,6,8H2,1H3. The van der Waals surface area contributed by atoms with Gasteiger partial charge in [-0.1, -0.05) is 11.6 Å². The van der Waals surface area contributed by atoms with Gasteiger partial charge in [0.1, 0.15) is 10.8 Å². The van der Waals surface area contributed by atoms with Gasteiger partial charge in [0.25, 0.3) is 5.69 Å². The third-order valence-electron chi connectivity index (χ3n) is 3.22. The summed E-state index contributed by atoms with van der Waals surface area (Å²) in [5.74, 6) is -0.462. The van der Waals surface area contributed by atoms with Gasteiger partial charge < -0.3 is 14.2 Å². The van der Waals surface area contributed by atoms with Crippen LogP contribution in [0.15, 0.2) is 18.2 Å². The molecule has 1 heterocycles. The van der Waals surface area contributed by atoms with E-state index in [0.717, 1.165) is 12.8 Å². The smallest absolute Gasteiger partial charge is 0.340 e. The Morgan fingerprint density at radius 1 is 1.59 bits per heavy atom. The first-order valence-electron chi connectivity index (χ1n) is 6.86. The van der Waals surface area contributed by atoms with Crippen molar-refractivity contribution in [2.75, 3.05) is 13.2 Å². The van der Waals surface area contributed by atoms with E-state index < -0.39 is 17.0 Å². The number of nitrogens with zero attached hydrogens (tertiary/aromatic N) is 1. The maximum atomic E-state index is 11.9. The van der Waals surface area contributed by atoms with Crippen molar-refractivity contribution in [2.45, 2.75) is 32.0 Å². The molecule has 2 unspecified atom stereocenters. The lowest BCUT2D eigenvalue weighted by Gasteiger charge is -2.15. The summed E-state index contributed by atoms with van der Waals surface area (Å²) in [4.78, 5) is 21.9. The highest BCUT2D eigenvalue weighted by molar-refractivity contribution is 6.32. The van der Waals surface area contributed by atoms with Crippen LogP contribution in [-0.2, 0) is 14.3 Å². The van der Waals surface area contributed by atoms with E-state index in [0.29, 0.717) is 13.2 Å². The van der Waals surface area contributed by atoms with E-state index >= 15 is 0 Å². The molecule has 8 heteroatoms. The van der Waals surface area contributed by atoms with Crippen LogP contribution in [0.4, 0.5) is 5.69 Å². The highest BCUT2D eigenvalue weighted by Gasteiger charge is 2.22. The average molecular weight is 330 g/mol. The predicted molar refractivity (Wildman–Crippen MR) is 78.1 cm³/mol. The predicted octanol–water partition coefficient (Wildman–Crippen LogP) is 2.74. The Kier molecular flexibility index (Phi) is 5.70. The van der Waals surface area contributed by atoms with Crippen LogP contribution in [0, 0.1) is 10.1 Å². The van der Waals surface area contributed by atoms with Gasteiger partial charge in [-0.2, -0.15) is 0 Å². The second-order valence-electron chi connectivity index (χ2n) is 4.90. The number of benzene rings is 1. The lowest BCUT2D eigenvalue weighted by atomic mass is 10.2. The Morgan fingerprint density at radius 2 is 2.36 bits per heavy atom. The van der Waals surface area contributed by atoms with E-state index in [1.807, 2.05) is 0 Å². The number of halogens is 1. The molecule has 2 atom stereocenters. The second kappa shape index (κ2) is 7.53. The Balaban J connectivity index is 1.87. The number of hydrogen-bond acceptors (Lipinski definition) is 6. The van der Waals surface area contributed by atoms with Crippen LogP contribution in [-0.4, -0.2) is 36.3 Å². The zero-order chi connectivity index (χ0) is 16.1. The summed E-state index contributed by atoms with van der Waals surface area (Å²) in [5.41, 5.74) is -0.246. The number of nitro benzene ring substituents is 1. The number of carbonyl (C=O) groups excluding carboxylic acids is 1. The molecule has 22 heavy (non-hydrogen) atoms. The van der Waals surface area contributed by atoms with Gasteiger partial charge in [-0.3, -0.25) is 10.1 Å². The molecule has 0 radical (unpaired) electrons. The number of hydrogen-bond donors (Lipinski definition) is 0. The topological polar surface area (TPSA) is 87.9 Å². The fourth-order valence-corrected chi connectivity index (χ4v) is 2.23. The van der Waals surface area contributed by atoms with Crippen molar-refractivity contribution in [3.63, 3.8) is 0 Å². The molecule has 1 saturated heterocycles. The van der Waals surface area contributed by atoms with Crippen molar-refractivity contribution >= 4 is 23.3 Å². The summed E-state index contributed by atoms with van der Waals surface area (Å²) in [6, 6.07) is 3.72. The van der Waals surface area contributed by atoms with Crippen LogP contribution in [0.2, 0.25) is 5.02 Å². The highest BCUT2D eigenvalue weighted by atomic mass is 35.5. The van der Waals surface area contributed by atoms with Crippen molar-refractivity contribution in [1.82, 2.24) is 0 Å². The Bertz CT molecular complexity index is 558. The largest absolute Gasteiger partial charge is 0.425 e. The zero-order valence-corrected chi connectivity index (χ0v) is 12.7. The van der Waals surface area contributed by atoms with E-state index in [2.05, 4.69) is 0 Å². The van der Waals surface area contributed by atoms with E-state index in [1.165, 1.54) is 18.2 Å². The summed E-state index contributed by atoms with van der Waals surface area (Å²) in [6.45, 7) is 2.62. The molecular weight excluding hydrogens is 314 g/mol. The molecule has 1 aromatic rings. The third-order valence-corrected chi connectivity index (χ3v) is 3.53. The SMILES string of the molecule is CC(OCC1CCCO1)C(=O)Oc1ccc([N+](=O)[O-])c(Cl)c1. The molecule has 1 aliphatic rings. The van der Waals surface area contributed by atoms with Crippen molar-refractivity contribution < 1.29 is 23.9 Å². The van der Waals surface area contributed by atoms with Crippen molar-refractivity contribution in [2.24, 2.45) is 0 Å². The normalized spacial score (nSPS) is 18.9. The lowest BCUT2D eigenvalue weighted by molar-refractivity contribution is -0.384. The van der Waals surface area contributed by atoms with Crippen LogP contribution in [0.1, 0.15) is 19.8 Å². The fourth-order valence-electron chi connectivity index (χ4n) is 1.99. The van der Waals surface area contributed by atoms with Gasteiger partial charge in [0.2, 0.25) is 0 Å². The first-order valence-corrected chi connectivity index (χ1v) is 7.24. The van der Waals surface area contributed by atoms with E-state index in [1.54, 1.807) is 6.92 Å². The lowest BCUT2D eigenvalue weighted by Crippen LogP contribution is -2.29. The van der Waals surface area contributed by atoms with E-state index in [-0.39, 0.29) is 22.6 Å². The number of carbonyl (C=O) groups is 1. The molecule has 1 fully saturated rings. The highest BCUT2D eigenvalue weighted by Crippen LogP contribution is 2.28. The molecule has 0 amide bonds. The average Bonchev–Trinajstić information content (AvgIpc) is 2.97. The minimum atomic E-state index is -0.766. The summed E-state index contributed by atoms with van der Waals surface area (Å²) in [5, 5.41) is 10.6. The minimum Gasteiger partial charge on any atom is -0.425 e. The van der Waals surface area contributed by atoms with Gasteiger partial charge in [-0.15, -0.1) is 0 Å². The van der Waals surface area contributed by atoms with Crippen LogP contribution in [0.5, 0.6) is 5.75 Å². The molecule has 0 N–H and O–H groups in total. The van der Waals surface area contributed by atoms with Gasteiger partial charge in [-0.05, 0) is 25.8 Å². The van der Waals surface area contributed by atoms with Crippen LogP contribution >= 0.6 is 11.6 Å². The molecule has 7 nitrogen and oxygen atoms in total. The van der Waals surface area contributed by atoms with Gasteiger partial charge in [0.15, 0.2) is 6.10 Å². The quantitative estimate of drug-likeness (QED) is 0.345. The van der Waals surface area contributed by atoms with Crippen LogP contribution < -0.4 is 4.74 Å². The summed E-state index contributed by atoms with van der Waals surface area (Å²) < 4.78 is 15.9. The third kappa shape index (κ3) is 4.40. The number of esters is 1. The molecular formula is C14H16ClNO6. The first kappa shape index (κ1) is 16.7. The number of ether oxygens (including phenoxy) is 3. The molecule has 0 aromatic heterocycles. The summed E-state index contributed by atoms with van der Waals surface area (Å²) >= 11 is 5.75. The van der Waals surface area contributed by atoms with Crippen LogP contribution in [0.25, 0.3) is 0 Å². The fraction of sp³-hybridized carbons (Fsp3) is 0.500. The number of nitro groups is 1. The zero-order valence-electron chi connectivity index (χ0n) is 12.0. The molecule has 0 aliphatic carbocycles. The Labute approximate surface area is 132 Å². The second-order valence-corrected chi connectivity index (χ2v) is 5.31. The minimum absolute atomic E-state index is 0.0177. The summed E-state index contributed by atoms with van der Waals surface area (Å²) in [7, 11) is 0. The van der Waals surface area contributed by atoms with E-state index in [4.69, 9.17) is 25.8 Å². The van der Waals surface area contributed by atoms with Crippen molar-refractivity contribution in [3.8, 4) is 5.75 Å².